The first-order chi connectivity index (χ1) is 9.18. The summed E-state index contributed by atoms with van der Waals surface area (Å²) in [5, 5.41) is 9.01. The Morgan fingerprint density at radius 2 is 1.85 bits per heavy atom. The summed E-state index contributed by atoms with van der Waals surface area (Å²) in [7, 11) is 0. The van der Waals surface area contributed by atoms with Crippen molar-refractivity contribution in [2.75, 3.05) is 6.54 Å². The van der Waals surface area contributed by atoms with Crippen molar-refractivity contribution in [1.29, 1.82) is 0 Å². The SMILES string of the molecule is CC(C)(C)Cl.C[C@H]1CN(Cc2ccccc2)C1C(=O)O. The van der Waals surface area contributed by atoms with Gasteiger partial charge in [0.15, 0.2) is 0 Å². The normalized spacial score (nSPS) is 22.4. The zero-order valence-corrected chi connectivity index (χ0v) is 13.4. The molecule has 0 aromatic heterocycles. The largest absolute Gasteiger partial charge is 0.480 e. The first kappa shape index (κ1) is 17.0. The van der Waals surface area contributed by atoms with Crippen molar-refractivity contribution in [1.82, 2.24) is 4.90 Å². The van der Waals surface area contributed by atoms with Gasteiger partial charge in [0.1, 0.15) is 6.04 Å². The third kappa shape index (κ3) is 5.93. The highest BCUT2D eigenvalue weighted by atomic mass is 35.5. The van der Waals surface area contributed by atoms with Crippen molar-refractivity contribution in [2.45, 2.75) is 45.2 Å². The lowest BCUT2D eigenvalue weighted by atomic mass is 9.90. The first-order valence-corrected chi connectivity index (χ1v) is 7.26. The molecule has 0 saturated carbocycles. The topological polar surface area (TPSA) is 40.5 Å². The number of alkyl halides is 1. The Bertz CT molecular complexity index is 422. The van der Waals surface area contributed by atoms with Gasteiger partial charge in [0, 0.05) is 18.0 Å². The maximum atomic E-state index is 11.0. The van der Waals surface area contributed by atoms with Crippen LogP contribution in [-0.2, 0) is 11.3 Å². The number of carboxylic acid groups (broad SMARTS) is 1. The Hall–Kier alpha value is -1.06. The van der Waals surface area contributed by atoms with Crippen LogP contribution in [-0.4, -0.2) is 33.4 Å². The van der Waals surface area contributed by atoms with Gasteiger partial charge in [-0.3, -0.25) is 9.69 Å². The minimum Gasteiger partial charge on any atom is -0.480 e. The van der Waals surface area contributed by atoms with Gasteiger partial charge in [-0.1, -0.05) is 37.3 Å². The standard InChI is InChI=1S/C12H15NO2.C4H9Cl/c1-9-7-13(11(9)12(14)15)8-10-5-3-2-4-6-10;1-4(2,3)5/h2-6,9,11H,7-8H2,1H3,(H,14,15);1-3H3/t9-,11?;/m0./s1. The van der Waals surface area contributed by atoms with E-state index in [0.717, 1.165) is 13.1 Å². The van der Waals surface area contributed by atoms with Gasteiger partial charge in [0.25, 0.3) is 0 Å². The summed E-state index contributed by atoms with van der Waals surface area (Å²) < 4.78 is 0. The molecule has 0 aliphatic carbocycles. The number of nitrogens with zero attached hydrogens (tertiary/aromatic N) is 1. The van der Waals surface area contributed by atoms with Crippen LogP contribution in [0.3, 0.4) is 0 Å². The number of halogens is 1. The molecule has 1 fully saturated rings. The lowest BCUT2D eigenvalue weighted by molar-refractivity contribution is -0.153. The maximum absolute atomic E-state index is 11.0. The Morgan fingerprint density at radius 3 is 2.25 bits per heavy atom. The smallest absolute Gasteiger partial charge is 0.321 e. The van der Waals surface area contributed by atoms with E-state index >= 15 is 0 Å². The Balaban J connectivity index is 0.000000347. The molecule has 112 valence electrons. The minimum absolute atomic E-state index is 0.0278. The van der Waals surface area contributed by atoms with Crippen molar-refractivity contribution in [3.8, 4) is 0 Å². The summed E-state index contributed by atoms with van der Waals surface area (Å²) in [5.41, 5.74) is 1.18. The lowest BCUT2D eigenvalue weighted by Gasteiger charge is -2.43. The predicted molar refractivity (Wildman–Crippen MR) is 83.0 cm³/mol. The van der Waals surface area contributed by atoms with Gasteiger partial charge < -0.3 is 5.11 Å². The van der Waals surface area contributed by atoms with E-state index in [1.807, 2.05) is 62.9 Å². The molecular formula is C16H24ClNO2. The number of rotatable bonds is 3. The molecule has 2 rings (SSSR count). The predicted octanol–water partition coefficient (Wildman–Crippen LogP) is 3.62. The van der Waals surface area contributed by atoms with Gasteiger partial charge in [-0.2, -0.15) is 0 Å². The highest BCUT2D eigenvalue weighted by Gasteiger charge is 2.40. The van der Waals surface area contributed by atoms with Gasteiger partial charge in [-0.05, 0) is 32.3 Å². The highest BCUT2D eigenvalue weighted by molar-refractivity contribution is 6.23. The molecule has 1 aliphatic rings. The molecular weight excluding hydrogens is 274 g/mol. The second-order valence-electron chi connectivity index (χ2n) is 6.24. The van der Waals surface area contributed by atoms with Crippen molar-refractivity contribution >= 4 is 17.6 Å². The van der Waals surface area contributed by atoms with Crippen LogP contribution >= 0.6 is 11.6 Å². The van der Waals surface area contributed by atoms with Crippen LogP contribution in [0.5, 0.6) is 0 Å². The van der Waals surface area contributed by atoms with Crippen LogP contribution in [0, 0.1) is 5.92 Å². The van der Waals surface area contributed by atoms with Gasteiger partial charge in [-0.15, -0.1) is 11.6 Å². The van der Waals surface area contributed by atoms with Crippen molar-refractivity contribution in [3.05, 3.63) is 35.9 Å². The van der Waals surface area contributed by atoms with E-state index in [-0.39, 0.29) is 16.8 Å². The fourth-order valence-electron chi connectivity index (χ4n) is 2.19. The second kappa shape index (κ2) is 7.09. The van der Waals surface area contributed by atoms with E-state index in [4.69, 9.17) is 16.7 Å². The monoisotopic (exact) mass is 297 g/mol. The fraction of sp³-hybridized carbons (Fsp3) is 0.562. The molecule has 1 saturated heterocycles. The van der Waals surface area contributed by atoms with Crippen molar-refractivity contribution in [2.24, 2.45) is 5.92 Å². The number of carbonyl (C=O) groups is 1. The molecule has 1 N–H and O–H groups in total. The zero-order valence-electron chi connectivity index (χ0n) is 12.6. The molecule has 2 atom stereocenters. The average Bonchev–Trinajstić information content (AvgIpc) is 2.26. The zero-order chi connectivity index (χ0) is 15.3. The van der Waals surface area contributed by atoms with E-state index in [2.05, 4.69) is 0 Å². The summed E-state index contributed by atoms with van der Waals surface area (Å²) in [4.78, 5) is 12.9. The van der Waals surface area contributed by atoms with Crippen LogP contribution < -0.4 is 0 Å². The highest BCUT2D eigenvalue weighted by Crippen LogP contribution is 2.26. The maximum Gasteiger partial charge on any atom is 0.321 e. The molecule has 1 aromatic carbocycles. The molecule has 0 bridgehead atoms. The van der Waals surface area contributed by atoms with Crippen molar-refractivity contribution in [3.63, 3.8) is 0 Å². The van der Waals surface area contributed by atoms with Crippen LogP contribution in [0.25, 0.3) is 0 Å². The van der Waals surface area contributed by atoms with Crippen molar-refractivity contribution < 1.29 is 9.90 Å². The lowest BCUT2D eigenvalue weighted by Crippen LogP contribution is -2.58. The molecule has 0 amide bonds. The second-order valence-corrected chi connectivity index (χ2v) is 7.38. The molecule has 1 heterocycles. The van der Waals surface area contributed by atoms with Gasteiger partial charge in [0.05, 0.1) is 0 Å². The molecule has 3 nitrogen and oxygen atoms in total. The number of carboxylic acids is 1. The summed E-state index contributed by atoms with van der Waals surface area (Å²) >= 11 is 5.53. The Kier molecular flexibility index (Phi) is 6.03. The summed E-state index contributed by atoms with van der Waals surface area (Å²) in [6, 6.07) is 9.69. The van der Waals surface area contributed by atoms with Crippen LogP contribution in [0.4, 0.5) is 0 Å². The molecule has 1 unspecified atom stereocenters. The average molecular weight is 298 g/mol. The van der Waals surface area contributed by atoms with Gasteiger partial charge in [-0.25, -0.2) is 0 Å². The quantitative estimate of drug-likeness (QED) is 0.866. The first-order valence-electron chi connectivity index (χ1n) is 6.88. The van der Waals surface area contributed by atoms with E-state index in [1.54, 1.807) is 0 Å². The van der Waals surface area contributed by atoms with Crippen LogP contribution in [0.1, 0.15) is 33.3 Å². The molecule has 1 aliphatic heterocycles. The summed E-state index contributed by atoms with van der Waals surface area (Å²) in [5.74, 6) is -0.434. The van der Waals surface area contributed by atoms with Crippen LogP contribution in [0.2, 0.25) is 0 Å². The van der Waals surface area contributed by atoms with E-state index in [0.29, 0.717) is 0 Å². The molecule has 1 aromatic rings. The molecule has 0 spiro atoms. The van der Waals surface area contributed by atoms with E-state index < -0.39 is 5.97 Å². The molecule has 0 radical (unpaired) electrons. The number of aliphatic carboxylic acids is 1. The number of benzene rings is 1. The number of likely N-dealkylation sites (tertiary alicyclic amines) is 1. The fourth-order valence-corrected chi connectivity index (χ4v) is 2.19. The number of hydrogen-bond acceptors (Lipinski definition) is 2. The summed E-state index contributed by atoms with van der Waals surface area (Å²) in [6.07, 6.45) is 0. The Labute approximate surface area is 126 Å². The Morgan fingerprint density at radius 1 is 1.35 bits per heavy atom. The van der Waals surface area contributed by atoms with E-state index in [1.165, 1.54) is 5.56 Å². The minimum atomic E-state index is -0.704. The third-order valence-corrected chi connectivity index (χ3v) is 2.94. The summed E-state index contributed by atoms with van der Waals surface area (Å²) in [6.45, 7) is 9.46. The van der Waals surface area contributed by atoms with Crippen LogP contribution in [0.15, 0.2) is 30.3 Å². The van der Waals surface area contributed by atoms with Gasteiger partial charge >= 0.3 is 5.97 Å². The van der Waals surface area contributed by atoms with Gasteiger partial charge in [0.2, 0.25) is 0 Å². The van der Waals surface area contributed by atoms with E-state index in [9.17, 15) is 4.79 Å². The molecule has 4 heteroatoms. The number of hydrogen-bond donors (Lipinski definition) is 1. The third-order valence-electron chi connectivity index (χ3n) is 2.94. The molecule has 20 heavy (non-hydrogen) atoms.